The van der Waals surface area contributed by atoms with E-state index in [1.807, 2.05) is 31.2 Å². The van der Waals surface area contributed by atoms with Crippen LogP contribution in [0.2, 0.25) is 0 Å². The SMILES string of the molecule is Cc1nc2ccccc2n1[C@@H]1CCCC[C@H]1F. The van der Waals surface area contributed by atoms with Gasteiger partial charge in [0.2, 0.25) is 0 Å². The zero-order chi connectivity index (χ0) is 11.8. The molecular weight excluding hydrogens is 215 g/mol. The Morgan fingerprint density at radius 3 is 2.82 bits per heavy atom. The Balaban J connectivity index is 2.12. The number of nitrogens with zero attached hydrogens (tertiary/aromatic N) is 2. The third-order valence-corrected chi connectivity index (χ3v) is 3.75. The van der Waals surface area contributed by atoms with Crippen LogP contribution in [0.5, 0.6) is 0 Å². The highest BCUT2D eigenvalue weighted by Crippen LogP contribution is 2.34. The monoisotopic (exact) mass is 232 g/mol. The largest absolute Gasteiger partial charge is 0.322 e. The van der Waals surface area contributed by atoms with Gasteiger partial charge in [-0.2, -0.15) is 0 Å². The minimum atomic E-state index is -0.722. The molecule has 2 aromatic rings. The molecule has 1 saturated carbocycles. The highest BCUT2D eigenvalue weighted by molar-refractivity contribution is 5.76. The van der Waals surface area contributed by atoms with Crippen LogP contribution in [0.1, 0.15) is 37.5 Å². The summed E-state index contributed by atoms with van der Waals surface area (Å²) in [7, 11) is 0. The van der Waals surface area contributed by atoms with Crippen LogP contribution in [-0.4, -0.2) is 15.7 Å². The molecule has 0 amide bonds. The van der Waals surface area contributed by atoms with Gasteiger partial charge >= 0.3 is 0 Å². The van der Waals surface area contributed by atoms with E-state index < -0.39 is 6.17 Å². The van der Waals surface area contributed by atoms with Crippen molar-refractivity contribution in [1.82, 2.24) is 9.55 Å². The predicted molar refractivity (Wildman–Crippen MR) is 66.9 cm³/mol. The Morgan fingerprint density at radius 2 is 2.00 bits per heavy atom. The fourth-order valence-corrected chi connectivity index (χ4v) is 2.94. The molecule has 1 aliphatic carbocycles. The first kappa shape index (κ1) is 10.8. The van der Waals surface area contributed by atoms with Crippen molar-refractivity contribution in [3.63, 3.8) is 0 Å². The summed E-state index contributed by atoms with van der Waals surface area (Å²) in [4.78, 5) is 4.52. The maximum Gasteiger partial charge on any atom is 0.121 e. The summed E-state index contributed by atoms with van der Waals surface area (Å²) in [5.41, 5.74) is 2.04. The first-order valence-electron chi connectivity index (χ1n) is 6.35. The quantitative estimate of drug-likeness (QED) is 0.731. The molecule has 0 aliphatic heterocycles. The molecule has 0 bridgehead atoms. The molecule has 0 spiro atoms. The molecule has 17 heavy (non-hydrogen) atoms. The van der Waals surface area contributed by atoms with Crippen LogP contribution in [0.25, 0.3) is 11.0 Å². The fourth-order valence-electron chi connectivity index (χ4n) is 2.94. The molecule has 1 aromatic carbocycles. The Hall–Kier alpha value is -1.38. The number of fused-ring (bicyclic) bond motifs is 1. The van der Waals surface area contributed by atoms with Crippen molar-refractivity contribution in [2.75, 3.05) is 0 Å². The van der Waals surface area contributed by atoms with E-state index in [9.17, 15) is 4.39 Å². The lowest BCUT2D eigenvalue weighted by molar-refractivity contribution is 0.171. The first-order chi connectivity index (χ1) is 8.27. The van der Waals surface area contributed by atoms with E-state index in [1.165, 1.54) is 0 Å². The Labute approximate surface area is 100 Å². The lowest BCUT2D eigenvalue weighted by atomic mass is 9.93. The number of alkyl halides is 1. The van der Waals surface area contributed by atoms with E-state index in [-0.39, 0.29) is 6.04 Å². The lowest BCUT2D eigenvalue weighted by Crippen LogP contribution is -2.25. The van der Waals surface area contributed by atoms with Crippen LogP contribution in [0, 0.1) is 6.92 Å². The van der Waals surface area contributed by atoms with Crippen LogP contribution >= 0.6 is 0 Å². The van der Waals surface area contributed by atoms with E-state index in [2.05, 4.69) is 9.55 Å². The number of benzene rings is 1. The second kappa shape index (κ2) is 4.13. The Morgan fingerprint density at radius 1 is 1.24 bits per heavy atom. The molecule has 1 fully saturated rings. The van der Waals surface area contributed by atoms with Crippen LogP contribution in [0.3, 0.4) is 0 Å². The Kier molecular flexibility index (Phi) is 2.61. The number of hydrogen-bond donors (Lipinski definition) is 0. The highest BCUT2D eigenvalue weighted by atomic mass is 19.1. The summed E-state index contributed by atoms with van der Waals surface area (Å²) in [6, 6.07) is 7.99. The van der Waals surface area contributed by atoms with Gasteiger partial charge in [0.15, 0.2) is 0 Å². The van der Waals surface area contributed by atoms with Gasteiger partial charge in [-0.3, -0.25) is 0 Å². The maximum atomic E-state index is 14.1. The van der Waals surface area contributed by atoms with Gasteiger partial charge in [-0.05, 0) is 31.9 Å². The van der Waals surface area contributed by atoms with Gasteiger partial charge in [-0.25, -0.2) is 9.37 Å². The second-order valence-corrected chi connectivity index (χ2v) is 4.89. The van der Waals surface area contributed by atoms with E-state index in [4.69, 9.17) is 0 Å². The van der Waals surface area contributed by atoms with Gasteiger partial charge in [0.1, 0.15) is 12.0 Å². The molecular formula is C14H17FN2. The van der Waals surface area contributed by atoms with Crippen LogP contribution in [-0.2, 0) is 0 Å². The maximum absolute atomic E-state index is 14.1. The number of para-hydroxylation sites is 2. The minimum absolute atomic E-state index is 0.0175. The molecule has 1 aliphatic rings. The average molecular weight is 232 g/mol. The van der Waals surface area contributed by atoms with Crippen LogP contribution in [0.4, 0.5) is 4.39 Å². The van der Waals surface area contributed by atoms with Gasteiger partial charge in [0.25, 0.3) is 0 Å². The average Bonchev–Trinajstić information content (AvgIpc) is 2.66. The van der Waals surface area contributed by atoms with Crippen molar-refractivity contribution in [1.29, 1.82) is 0 Å². The van der Waals surface area contributed by atoms with Gasteiger partial charge in [-0.1, -0.05) is 25.0 Å². The number of hydrogen-bond acceptors (Lipinski definition) is 1. The highest BCUT2D eigenvalue weighted by Gasteiger charge is 2.28. The fraction of sp³-hybridized carbons (Fsp3) is 0.500. The summed E-state index contributed by atoms with van der Waals surface area (Å²) < 4.78 is 16.2. The first-order valence-corrected chi connectivity index (χ1v) is 6.35. The summed E-state index contributed by atoms with van der Waals surface area (Å²) in [6.07, 6.45) is 3.04. The van der Waals surface area contributed by atoms with E-state index in [0.29, 0.717) is 6.42 Å². The topological polar surface area (TPSA) is 17.8 Å². The van der Waals surface area contributed by atoms with Crippen LogP contribution in [0.15, 0.2) is 24.3 Å². The summed E-state index contributed by atoms with van der Waals surface area (Å²) in [5, 5.41) is 0. The van der Waals surface area contributed by atoms with Crippen molar-refractivity contribution in [3.8, 4) is 0 Å². The molecule has 3 heteroatoms. The van der Waals surface area contributed by atoms with E-state index in [1.54, 1.807) is 0 Å². The number of rotatable bonds is 1. The van der Waals surface area contributed by atoms with Crippen molar-refractivity contribution in [2.45, 2.75) is 44.8 Å². The molecule has 0 N–H and O–H groups in total. The smallest absolute Gasteiger partial charge is 0.121 e. The molecule has 0 unspecified atom stereocenters. The zero-order valence-corrected chi connectivity index (χ0v) is 10.1. The molecule has 2 nitrogen and oxygen atoms in total. The number of imidazole rings is 1. The number of aryl methyl sites for hydroxylation is 1. The molecule has 1 heterocycles. The number of halogens is 1. The van der Waals surface area contributed by atoms with Crippen molar-refractivity contribution >= 4 is 11.0 Å². The van der Waals surface area contributed by atoms with E-state index >= 15 is 0 Å². The van der Waals surface area contributed by atoms with Gasteiger partial charge in [0, 0.05) is 0 Å². The predicted octanol–water partition coefficient (Wildman–Crippen LogP) is 3.80. The minimum Gasteiger partial charge on any atom is -0.322 e. The normalized spacial score (nSPS) is 25.3. The molecule has 90 valence electrons. The molecule has 1 aromatic heterocycles. The standard InChI is InChI=1S/C14H17FN2/c1-10-16-12-7-3-5-9-14(12)17(10)13-8-4-2-6-11(13)15/h3,5,7,9,11,13H,2,4,6,8H2,1H3/t11-,13-/m1/s1. The third-order valence-electron chi connectivity index (χ3n) is 3.75. The van der Waals surface area contributed by atoms with Gasteiger partial charge < -0.3 is 4.57 Å². The summed E-state index contributed by atoms with van der Waals surface area (Å²) >= 11 is 0. The molecule has 3 rings (SSSR count). The lowest BCUT2D eigenvalue weighted by Gasteiger charge is -2.28. The third kappa shape index (κ3) is 1.74. The summed E-state index contributed by atoms with van der Waals surface area (Å²) in [6.45, 7) is 1.97. The number of aromatic nitrogens is 2. The molecule has 2 atom stereocenters. The zero-order valence-electron chi connectivity index (χ0n) is 10.1. The van der Waals surface area contributed by atoms with Crippen molar-refractivity contribution in [2.24, 2.45) is 0 Å². The van der Waals surface area contributed by atoms with Gasteiger partial charge in [0.05, 0.1) is 17.1 Å². The second-order valence-electron chi connectivity index (χ2n) is 4.89. The Bertz CT molecular complexity index is 532. The summed E-state index contributed by atoms with van der Waals surface area (Å²) in [5.74, 6) is 0.931. The molecule has 0 saturated heterocycles. The van der Waals surface area contributed by atoms with Crippen LogP contribution < -0.4 is 0 Å². The van der Waals surface area contributed by atoms with Gasteiger partial charge in [-0.15, -0.1) is 0 Å². The molecule has 0 radical (unpaired) electrons. The van der Waals surface area contributed by atoms with Crippen molar-refractivity contribution < 1.29 is 4.39 Å². The van der Waals surface area contributed by atoms with E-state index in [0.717, 1.165) is 36.1 Å². The van der Waals surface area contributed by atoms with Crippen molar-refractivity contribution in [3.05, 3.63) is 30.1 Å².